The molecule has 1 heterocycles. The van der Waals surface area contributed by atoms with Crippen molar-refractivity contribution < 1.29 is 9.53 Å². The maximum absolute atomic E-state index is 11.3. The molecule has 0 aliphatic carbocycles. The highest BCUT2D eigenvalue weighted by Gasteiger charge is 2.19. The van der Waals surface area contributed by atoms with Crippen molar-refractivity contribution in [3.63, 3.8) is 0 Å². The molecule has 0 saturated carbocycles. The maximum Gasteiger partial charge on any atom is 0.248 e. The number of carbonyl (C=O) groups is 1. The average Bonchev–Trinajstić information content (AvgIpc) is 3.30. The first-order valence-corrected chi connectivity index (χ1v) is 12.9. The molecule has 1 amide bonds. The number of hydrogen-bond donors (Lipinski definition) is 1. The van der Waals surface area contributed by atoms with E-state index in [9.17, 15) is 4.79 Å². The molecule has 0 radical (unpaired) electrons. The Morgan fingerprint density at radius 3 is 2.09 bits per heavy atom. The van der Waals surface area contributed by atoms with Gasteiger partial charge in [0.2, 0.25) is 5.91 Å². The Labute approximate surface area is 212 Å². The number of rotatable bonds is 12. The number of carbonyl (C=O) groups excluding carboxylic acids is 1. The molecule has 4 aromatic rings. The van der Waals surface area contributed by atoms with Crippen LogP contribution in [0.3, 0.4) is 0 Å². The fraction of sp³-hybridized carbons (Fsp3) is 0.233. The third-order valence-electron chi connectivity index (χ3n) is 6.21. The minimum atomic E-state index is -0.428. The van der Waals surface area contributed by atoms with E-state index in [0.29, 0.717) is 18.1 Å². The predicted octanol–water partition coefficient (Wildman–Crippen LogP) is 6.26. The largest absolute Gasteiger partial charge is 0.494 e. The molecule has 5 heteroatoms. The summed E-state index contributed by atoms with van der Waals surface area (Å²) < 4.78 is 5.95. The molecular weight excluding hydrogens is 452 g/mol. The highest BCUT2D eigenvalue weighted by atomic mass is 32.1. The van der Waals surface area contributed by atoms with Crippen LogP contribution in [0.4, 0.5) is 0 Å². The first-order chi connectivity index (χ1) is 17.1. The van der Waals surface area contributed by atoms with E-state index in [-0.39, 0.29) is 0 Å². The number of amides is 1. The Bertz CT molecular complexity index is 1150. The van der Waals surface area contributed by atoms with E-state index in [1.807, 2.05) is 11.3 Å². The molecule has 35 heavy (non-hydrogen) atoms. The van der Waals surface area contributed by atoms with Crippen LogP contribution in [0.25, 0.3) is 0 Å². The highest BCUT2D eigenvalue weighted by molar-refractivity contribution is 7.10. The number of hydrogen-bond acceptors (Lipinski definition) is 4. The molecule has 180 valence electrons. The van der Waals surface area contributed by atoms with Crippen molar-refractivity contribution in [2.45, 2.75) is 25.8 Å². The molecule has 4 rings (SSSR count). The van der Waals surface area contributed by atoms with Gasteiger partial charge < -0.3 is 10.5 Å². The summed E-state index contributed by atoms with van der Waals surface area (Å²) in [5, 5.41) is 2.17. The number of aryl methyl sites for hydroxylation is 1. The zero-order chi connectivity index (χ0) is 24.5. The normalized spacial score (nSPS) is 11.2. The van der Waals surface area contributed by atoms with Gasteiger partial charge in [0, 0.05) is 36.0 Å². The van der Waals surface area contributed by atoms with Gasteiger partial charge in [0.05, 0.1) is 6.61 Å². The summed E-state index contributed by atoms with van der Waals surface area (Å²) >= 11 is 1.83. The lowest BCUT2D eigenvalue weighted by atomic mass is 9.90. The Hall–Kier alpha value is -3.41. The summed E-state index contributed by atoms with van der Waals surface area (Å²) in [6.45, 7) is 5.57. The van der Waals surface area contributed by atoms with Crippen LogP contribution in [0.5, 0.6) is 5.75 Å². The summed E-state index contributed by atoms with van der Waals surface area (Å²) in [4.78, 5) is 15.2. The van der Waals surface area contributed by atoms with E-state index in [1.54, 1.807) is 24.3 Å². The second-order valence-electron chi connectivity index (χ2n) is 8.73. The van der Waals surface area contributed by atoms with Crippen molar-refractivity contribution in [1.82, 2.24) is 4.90 Å². The van der Waals surface area contributed by atoms with Gasteiger partial charge in [0.15, 0.2) is 0 Å². The summed E-state index contributed by atoms with van der Waals surface area (Å²) in [5.74, 6) is 0.615. The van der Waals surface area contributed by atoms with Crippen LogP contribution in [0.2, 0.25) is 0 Å². The van der Waals surface area contributed by atoms with Gasteiger partial charge in [0.25, 0.3) is 0 Å². The Morgan fingerprint density at radius 1 is 0.914 bits per heavy atom. The number of ether oxygens (including phenoxy) is 1. The molecule has 0 saturated heterocycles. The standard InChI is InChI=1S/C30H32N2O2S/c1-23-17-20-35-29(23)22-32(18-8-19-34-27-15-13-26(14-16-27)30(31)33)21-28(24-9-4-2-5-10-24)25-11-6-3-7-12-25/h2-7,9-17,20,28H,8,18-19,21-22H2,1H3,(H2,31,33). The monoisotopic (exact) mass is 484 g/mol. The smallest absolute Gasteiger partial charge is 0.248 e. The van der Waals surface area contributed by atoms with Crippen LogP contribution in [0.1, 0.15) is 44.3 Å². The van der Waals surface area contributed by atoms with Crippen LogP contribution in [-0.2, 0) is 6.54 Å². The SMILES string of the molecule is Cc1ccsc1CN(CCCOc1ccc(C(N)=O)cc1)CC(c1ccccc1)c1ccccc1. The van der Waals surface area contributed by atoms with E-state index in [1.165, 1.54) is 21.6 Å². The van der Waals surface area contributed by atoms with Gasteiger partial charge in [-0.15, -0.1) is 11.3 Å². The Balaban J connectivity index is 1.45. The van der Waals surface area contributed by atoms with E-state index >= 15 is 0 Å². The van der Waals surface area contributed by atoms with Gasteiger partial charge in [0.1, 0.15) is 5.75 Å². The fourth-order valence-electron chi connectivity index (χ4n) is 4.23. The molecule has 0 spiro atoms. The molecule has 0 aliphatic rings. The van der Waals surface area contributed by atoms with Crippen molar-refractivity contribution in [3.05, 3.63) is 124 Å². The lowest BCUT2D eigenvalue weighted by molar-refractivity contribution is 0.1000. The maximum atomic E-state index is 11.3. The molecule has 0 atom stereocenters. The molecule has 1 aromatic heterocycles. The highest BCUT2D eigenvalue weighted by Crippen LogP contribution is 2.27. The van der Waals surface area contributed by atoms with Crippen molar-refractivity contribution in [2.24, 2.45) is 5.73 Å². The third kappa shape index (κ3) is 7.04. The topological polar surface area (TPSA) is 55.6 Å². The zero-order valence-corrected chi connectivity index (χ0v) is 20.9. The summed E-state index contributed by atoms with van der Waals surface area (Å²) in [6.07, 6.45) is 0.901. The summed E-state index contributed by atoms with van der Waals surface area (Å²) in [7, 11) is 0. The van der Waals surface area contributed by atoms with Gasteiger partial charge >= 0.3 is 0 Å². The Morgan fingerprint density at radius 2 is 1.54 bits per heavy atom. The van der Waals surface area contributed by atoms with Crippen molar-refractivity contribution in [1.29, 1.82) is 0 Å². The average molecular weight is 485 g/mol. The molecular formula is C30H32N2O2S. The molecule has 0 aliphatic heterocycles. The van der Waals surface area contributed by atoms with Crippen LogP contribution in [-0.4, -0.2) is 30.5 Å². The lowest BCUT2D eigenvalue weighted by Crippen LogP contribution is -2.30. The number of nitrogens with zero attached hydrogens (tertiary/aromatic N) is 1. The van der Waals surface area contributed by atoms with E-state index in [2.05, 4.69) is 83.9 Å². The van der Waals surface area contributed by atoms with Crippen LogP contribution >= 0.6 is 11.3 Å². The van der Waals surface area contributed by atoms with E-state index in [4.69, 9.17) is 10.5 Å². The van der Waals surface area contributed by atoms with Crippen molar-refractivity contribution in [2.75, 3.05) is 19.7 Å². The first kappa shape index (κ1) is 24.7. The molecule has 3 aromatic carbocycles. The second kappa shape index (κ2) is 12.3. The third-order valence-corrected chi connectivity index (χ3v) is 7.21. The van der Waals surface area contributed by atoms with Crippen LogP contribution in [0, 0.1) is 6.92 Å². The predicted molar refractivity (Wildman–Crippen MR) is 144 cm³/mol. The van der Waals surface area contributed by atoms with Gasteiger partial charge in [-0.25, -0.2) is 0 Å². The molecule has 0 fully saturated rings. The number of benzene rings is 3. The van der Waals surface area contributed by atoms with Gasteiger partial charge in [-0.05, 0) is 65.7 Å². The van der Waals surface area contributed by atoms with E-state index in [0.717, 1.165) is 31.8 Å². The van der Waals surface area contributed by atoms with Gasteiger partial charge in [-0.3, -0.25) is 9.69 Å². The molecule has 0 bridgehead atoms. The number of primary amides is 1. The zero-order valence-electron chi connectivity index (χ0n) is 20.1. The van der Waals surface area contributed by atoms with Crippen molar-refractivity contribution >= 4 is 17.2 Å². The number of nitrogens with two attached hydrogens (primary N) is 1. The quantitative estimate of drug-likeness (QED) is 0.242. The molecule has 4 nitrogen and oxygen atoms in total. The van der Waals surface area contributed by atoms with E-state index < -0.39 is 5.91 Å². The van der Waals surface area contributed by atoms with Crippen molar-refractivity contribution in [3.8, 4) is 5.75 Å². The molecule has 2 N–H and O–H groups in total. The lowest BCUT2D eigenvalue weighted by Gasteiger charge is -2.28. The minimum absolute atomic E-state index is 0.292. The summed E-state index contributed by atoms with van der Waals surface area (Å²) in [6, 6.07) is 30.7. The van der Waals surface area contributed by atoms with Gasteiger partial charge in [-0.1, -0.05) is 60.7 Å². The Kier molecular flexibility index (Phi) is 8.71. The summed E-state index contributed by atoms with van der Waals surface area (Å²) in [5.41, 5.74) is 9.82. The first-order valence-electron chi connectivity index (χ1n) is 12.0. The molecule has 0 unspecified atom stereocenters. The second-order valence-corrected chi connectivity index (χ2v) is 9.73. The fourth-order valence-corrected chi connectivity index (χ4v) is 5.18. The number of thiophene rings is 1. The van der Waals surface area contributed by atoms with Crippen LogP contribution < -0.4 is 10.5 Å². The van der Waals surface area contributed by atoms with Crippen LogP contribution in [0.15, 0.2) is 96.4 Å². The minimum Gasteiger partial charge on any atom is -0.494 e. The van der Waals surface area contributed by atoms with Gasteiger partial charge in [-0.2, -0.15) is 0 Å².